The SMILES string of the molecule is CC1(C)CCSCC1NCCc1c[nH]c2ccccc12. The van der Waals surface area contributed by atoms with E-state index in [-0.39, 0.29) is 0 Å². The van der Waals surface area contributed by atoms with E-state index in [2.05, 4.69) is 66.4 Å². The molecule has 108 valence electrons. The van der Waals surface area contributed by atoms with Crippen molar-refractivity contribution < 1.29 is 0 Å². The summed E-state index contributed by atoms with van der Waals surface area (Å²) in [7, 11) is 0. The number of benzene rings is 1. The molecule has 1 aromatic carbocycles. The Kier molecular flexibility index (Phi) is 4.08. The van der Waals surface area contributed by atoms with Crippen molar-refractivity contribution in [2.24, 2.45) is 5.41 Å². The first-order valence-electron chi connectivity index (χ1n) is 7.53. The van der Waals surface area contributed by atoms with Crippen LogP contribution in [0.5, 0.6) is 0 Å². The molecule has 3 rings (SSSR count). The van der Waals surface area contributed by atoms with Crippen LogP contribution in [-0.2, 0) is 6.42 Å². The van der Waals surface area contributed by atoms with E-state index in [4.69, 9.17) is 0 Å². The fraction of sp³-hybridized carbons (Fsp3) is 0.529. The van der Waals surface area contributed by atoms with Gasteiger partial charge >= 0.3 is 0 Å². The molecule has 1 fully saturated rings. The molecule has 1 saturated heterocycles. The normalized spacial score (nSPS) is 22.2. The van der Waals surface area contributed by atoms with Crippen molar-refractivity contribution in [1.29, 1.82) is 0 Å². The number of hydrogen-bond acceptors (Lipinski definition) is 2. The summed E-state index contributed by atoms with van der Waals surface area (Å²) in [6.07, 6.45) is 4.58. The Balaban J connectivity index is 1.60. The van der Waals surface area contributed by atoms with Crippen LogP contribution in [0.2, 0.25) is 0 Å². The second-order valence-corrected chi connectivity index (χ2v) is 7.58. The number of para-hydroxylation sites is 1. The second-order valence-electron chi connectivity index (χ2n) is 6.43. The van der Waals surface area contributed by atoms with E-state index in [0.29, 0.717) is 11.5 Å². The maximum Gasteiger partial charge on any atom is 0.0456 e. The molecule has 0 aliphatic carbocycles. The minimum atomic E-state index is 0.436. The van der Waals surface area contributed by atoms with Crippen LogP contribution in [0, 0.1) is 5.41 Å². The Labute approximate surface area is 125 Å². The van der Waals surface area contributed by atoms with Gasteiger partial charge in [-0.15, -0.1) is 0 Å². The molecule has 20 heavy (non-hydrogen) atoms. The van der Waals surface area contributed by atoms with Gasteiger partial charge in [-0.05, 0) is 42.2 Å². The third-order valence-electron chi connectivity index (χ3n) is 4.58. The van der Waals surface area contributed by atoms with E-state index >= 15 is 0 Å². The highest BCUT2D eigenvalue weighted by molar-refractivity contribution is 7.99. The van der Waals surface area contributed by atoms with Crippen LogP contribution in [0.25, 0.3) is 10.9 Å². The van der Waals surface area contributed by atoms with Crippen molar-refractivity contribution in [1.82, 2.24) is 10.3 Å². The van der Waals surface area contributed by atoms with Gasteiger partial charge in [0, 0.05) is 28.9 Å². The van der Waals surface area contributed by atoms with E-state index in [9.17, 15) is 0 Å². The number of H-pyrrole nitrogens is 1. The summed E-state index contributed by atoms with van der Waals surface area (Å²) in [5.74, 6) is 2.56. The monoisotopic (exact) mass is 288 g/mol. The minimum Gasteiger partial charge on any atom is -0.361 e. The van der Waals surface area contributed by atoms with Gasteiger partial charge in [-0.25, -0.2) is 0 Å². The highest BCUT2D eigenvalue weighted by Gasteiger charge is 2.31. The zero-order valence-electron chi connectivity index (χ0n) is 12.4. The average molecular weight is 288 g/mol. The van der Waals surface area contributed by atoms with Crippen LogP contribution < -0.4 is 5.32 Å². The molecular formula is C17H24N2S. The number of aromatic amines is 1. The molecule has 1 aliphatic rings. The number of aromatic nitrogens is 1. The van der Waals surface area contributed by atoms with Crippen molar-refractivity contribution in [3.63, 3.8) is 0 Å². The van der Waals surface area contributed by atoms with E-state index in [1.807, 2.05) is 0 Å². The summed E-state index contributed by atoms with van der Waals surface area (Å²) >= 11 is 2.09. The Bertz CT molecular complexity index is 573. The Morgan fingerprint density at radius 1 is 1.35 bits per heavy atom. The lowest BCUT2D eigenvalue weighted by molar-refractivity contribution is 0.247. The summed E-state index contributed by atoms with van der Waals surface area (Å²) in [6.45, 7) is 5.86. The molecule has 1 aliphatic heterocycles. The largest absolute Gasteiger partial charge is 0.361 e. The predicted molar refractivity (Wildman–Crippen MR) is 89.5 cm³/mol. The second kappa shape index (κ2) is 5.82. The third-order valence-corrected chi connectivity index (χ3v) is 5.64. The van der Waals surface area contributed by atoms with Gasteiger partial charge in [0.1, 0.15) is 0 Å². The van der Waals surface area contributed by atoms with Gasteiger partial charge in [0.2, 0.25) is 0 Å². The molecule has 0 spiro atoms. The van der Waals surface area contributed by atoms with Gasteiger partial charge in [-0.1, -0.05) is 32.0 Å². The average Bonchev–Trinajstić information content (AvgIpc) is 2.84. The van der Waals surface area contributed by atoms with Gasteiger partial charge in [0.25, 0.3) is 0 Å². The van der Waals surface area contributed by atoms with Crippen molar-refractivity contribution in [2.45, 2.75) is 32.7 Å². The molecule has 0 amide bonds. The van der Waals surface area contributed by atoms with E-state index in [0.717, 1.165) is 13.0 Å². The van der Waals surface area contributed by atoms with Crippen LogP contribution in [0.3, 0.4) is 0 Å². The van der Waals surface area contributed by atoms with Crippen molar-refractivity contribution in [3.05, 3.63) is 36.0 Å². The smallest absolute Gasteiger partial charge is 0.0456 e. The van der Waals surface area contributed by atoms with Gasteiger partial charge in [0.15, 0.2) is 0 Å². The van der Waals surface area contributed by atoms with Crippen molar-refractivity contribution in [2.75, 3.05) is 18.1 Å². The number of thioether (sulfide) groups is 1. The van der Waals surface area contributed by atoms with Crippen LogP contribution >= 0.6 is 11.8 Å². The number of rotatable bonds is 4. The third kappa shape index (κ3) is 2.89. The minimum absolute atomic E-state index is 0.436. The summed E-state index contributed by atoms with van der Waals surface area (Å²) < 4.78 is 0. The van der Waals surface area contributed by atoms with Crippen LogP contribution in [0.4, 0.5) is 0 Å². The summed E-state index contributed by atoms with van der Waals surface area (Å²) in [6, 6.07) is 9.21. The van der Waals surface area contributed by atoms with Gasteiger partial charge < -0.3 is 10.3 Å². The molecule has 2 aromatic rings. The first-order chi connectivity index (χ1) is 9.67. The van der Waals surface area contributed by atoms with E-state index in [1.54, 1.807) is 0 Å². The highest BCUT2D eigenvalue weighted by Crippen LogP contribution is 2.34. The Morgan fingerprint density at radius 2 is 2.20 bits per heavy atom. The first-order valence-corrected chi connectivity index (χ1v) is 8.68. The number of nitrogens with one attached hydrogen (secondary N) is 2. The molecule has 2 N–H and O–H groups in total. The number of hydrogen-bond donors (Lipinski definition) is 2. The summed E-state index contributed by atoms with van der Waals surface area (Å²) in [4.78, 5) is 3.36. The zero-order chi connectivity index (χ0) is 14.0. The van der Waals surface area contributed by atoms with Crippen molar-refractivity contribution >= 4 is 22.7 Å². The maximum atomic E-state index is 3.78. The standard InChI is InChI=1S/C17H24N2S/c1-17(2)8-10-20-12-16(17)18-9-7-13-11-19-15-6-4-3-5-14(13)15/h3-6,11,16,18-19H,7-10,12H2,1-2H3. The van der Waals surface area contributed by atoms with Gasteiger partial charge in [-0.2, -0.15) is 11.8 Å². The molecule has 1 aromatic heterocycles. The Hall–Kier alpha value is -0.930. The molecule has 0 saturated carbocycles. The van der Waals surface area contributed by atoms with E-state index in [1.165, 1.54) is 34.4 Å². The highest BCUT2D eigenvalue weighted by atomic mass is 32.2. The van der Waals surface area contributed by atoms with Crippen molar-refractivity contribution in [3.8, 4) is 0 Å². The lowest BCUT2D eigenvalue weighted by atomic mass is 9.82. The Morgan fingerprint density at radius 3 is 3.05 bits per heavy atom. The lowest BCUT2D eigenvalue weighted by Gasteiger charge is -2.39. The maximum absolute atomic E-state index is 3.78. The van der Waals surface area contributed by atoms with Gasteiger partial charge in [-0.3, -0.25) is 0 Å². The first kappa shape index (κ1) is 14.0. The van der Waals surface area contributed by atoms with Crippen LogP contribution in [0.1, 0.15) is 25.8 Å². The molecular weight excluding hydrogens is 264 g/mol. The molecule has 1 atom stereocenters. The molecule has 2 nitrogen and oxygen atoms in total. The lowest BCUT2D eigenvalue weighted by Crippen LogP contribution is -2.47. The van der Waals surface area contributed by atoms with Gasteiger partial charge in [0.05, 0.1) is 0 Å². The fourth-order valence-electron chi connectivity index (χ4n) is 2.99. The van der Waals surface area contributed by atoms with Crippen LogP contribution in [-0.4, -0.2) is 29.1 Å². The molecule has 0 radical (unpaired) electrons. The van der Waals surface area contributed by atoms with E-state index < -0.39 is 0 Å². The molecule has 1 unspecified atom stereocenters. The fourth-order valence-corrected chi connectivity index (χ4v) is 4.63. The molecule has 3 heteroatoms. The quantitative estimate of drug-likeness (QED) is 0.895. The summed E-state index contributed by atoms with van der Waals surface area (Å²) in [5.41, 5.74) is 3.11. The summed E-state index contributed by atoms with van der Waals surface area (Å²) in [5, 5.41) is 5.15. The van der Waals surface area contributed by atoms with Crippen LogP contribution in [0.15, 0.2) is 30.5 Å². The topological polar surface area (TPSA) is 27.8 Å². The molecule has 2 heterocycles. The zero-order valence-corrected chi connectivity index (χ0v) is 13.2. The molecule has 0 bridgehead atoms. The number of fused-ring (bicyclic) bond motifs is 1. The predicted octanol–water partition coefficient (Wildman–Crippen LogP) is 3.83.